The smallest absolute Gasteiger partial charge is 0.480 e. The lowest BCUT2D eigenvalue weighted by atomic mass is 9.99. The van der Waals surface area contributed by atoms with Crippen molar-refractivity contribution in [1.29, 1.82) is 0 Å². The van der Waals surface area contributed by atoms with Crippen LogP contribution in [0.4, 0.5) is 4.79 Å². The first kappa shape index (κ1) is 34.9. The quantitative estimate of drug-likeness (QED) is 0.127. The van der Waals surface area contributed by atoms with Crippen LogP contribution < -0.4 is 14.8 Å². The van der Waals surface area contributed by atoms with Crippen molar-refractivity contribution in [3.05, 3.63) is 23.8 Å². The van der Waals surface area contributed by atoms with Crippen molar-refractivity contribution in [2.75, 3.05) is 13.2 Å². The highest BCUT2D eigenvalue weighted by atomic mass is 16.7. The van der Waals surface area contributed by atoms with E-state index in [1.807, 2.05) is 34.6 Å². The molecular formula is C30H47NO9. The monoisotopic (exact) mass is 565 g/mol. The van der Waals surface area contributed by atoms with Crippen LogP contribution in [-0.2, 0) is 30.3 Å². The predicted molar refractivity (Wildman–Crippen MR) is 150 cm³/mol. The number of unbranched alkanes of at least 4 members (excludes halogenated alkanes) is 4. The Balaban J connectivity index is 2.91. The molecular weight excluding hydrogens is 518 g/mol. The molecule has 0 aromatic heterocycles. The Morgan fingerprint density at radius 3 is 2.00 bits per heavy atom. The second-order valence-electron chi connectivity index (χ2n) is 11.2. The number of rotatable bonds is 18. The van der Waals surface area contributed by atoms with E-state index in [-0.39, 0.29) is 49.3 Å². The SMILES string of the molecule is CCCCCC(=O)Oc1ccc(C[C@H](NCC(C)OC(=O)OCC(C)(C)C)C(=O)O)cc1OC(=O)CCCCC. The Morgan fingerprint density at radius 2 is 1.48 bits per heavy atom. The summed E-state index contributed by atoms with van der Waals surface area (Å²) in [7, 11) is 0. The molecule has 10 nitrogen and oxygen atoms in total. The lowest BCUT2D eigenvalue weighted by Gasteiger charge is -2.21. The van der Waals surface area contributed by atoms with Crippen LogP contribution in [0.5, 0.6) is 11.5 Å². The largest absolute Gasteiger partial charge is 0.508 e. The van der Waals surface area contributed by atoms with Gasteiger partial charge in [-0.25, -0.2) is 4.79 Å². The molecule has 0 fully saturated rings. The van der Waals surface area contributed by atoms with Crippen molar-refractivity contribution in [2.45, 2.75) is 111 Å². The number of ether oxygens (including phenoxy) is 4. The van der Waals surface area contributed by atoms with Crippen LogP contribution in [0.3, 0.4) is 0 Å². The standard InChI is InChI=1S/C30H47NO9/c1-7-9-11-13-26(32)39-24-16-15-22(18-25(24)40-27(33)14-12-10-8-2)17-23(28(34)35)31-19-21(3)38-29(36)37-20-30(4,5)6/h15-16,18,21,23,31H,7-14,17,19-20H2,1-6H3,(H,34,35)/t21?,23-/m0/s1. The minimum absolute atomic E-state index is 0.0433. The van der Waals surface area contributed by atoms with E-state index in [1.165, 1.54) is 12.1 Å². The Morgan fingerprint density at radius 1 is 0.900 bits per heavy atom. The van der Waals surface area contributed by atoms with E-state index in [9.17, 15) is 24.3 Å². The Labute approximate surface area is 238 Å². The third-order valence-corrected chi connectivity index (χ3v) is 5.73. The van der Waals surface area contributed by atoms with Crippen LogP contribution >= 0.6 is 0 Å². The zero-order valence-electron chi connectivity index (χ0n) is 24.9. The lowest BCUT2D eigenvalue weighted by molar-refractivity contribution is -0.139. The average Bonchev–Trinajstić information content (AvgIpc) is 2.86. The highest BCUT2D eigenvalue weighted by Crippen LogP contribution is 2.30. The summed E-state index contributed by atoms with van der Waals surface area (Å²) in [6.45, 7) is 11.7. The molecule has 1 unspecified atom stereocenters. The van der Waals surface area contributed by atoms with Gasteiger partial charge in [0.15, 0.2) is 11.5 Å². The number of esters is 2. The molecule has 226 valence electrons. The summed E-state index contributed by atoms with van der Waals surface area (Å²) in [6, 6.07) is 3.64. The predicted octanol–water partition coefficient (Wildman–Crippen LogP) is 5.83. The van der Waals surface area contributed by atoms with Crippen LogP contribution in [0.1, 0.15) is 98.5 Å². The molecule has 10 heteroatoms. The lowest BCUT2D eigenvalue weighted by Crippen LogP contribution is -2.42. The second-order valence-corrected chi connectivity index (χ2v) is 11.2. The maximum absolute atomic E-state index is 12.4. The van der Waals surface area contributed by atoms with Crippen LogP contribution in [0.15, 0.2) is 18.2 Å². The minimum Gasteiger partial charge on any atom is -0.480 e. The van der Waals surface area contributed by atoms with Gasteiger partial charge in [0, 0.05) is 19.4 Å². The van der Waals surface area contributed by atoms with Crippen LogP contribution in [0.25, 0.3) is 0 Å². The molecule has 0 amide bonds. The van der Waals surface area contributed by atoms with E-state index in [1.54, 1.807) is 13.0 Å². The third kappa shape index (κ3) is 15.5. The Hall–Kier alpha value is -3.14. The molecule has 40 heavy (non-hydrogen) atoms. The molecule has 0 aliphatic heterocycles. The average molecular weight is 566 g/mol. The van der Waals surface area contributed by atoms with Gasteiger partial charge in [0.1, 0.15) is 12.1 Å². The fraction of sp³-hybridized carbons (Fsp3) is 0.667. The first-order valence-corrected chi connectivity index (χ1v) is 14.2. The number of nitrogens with one attached hydrogen (secondary N) is 1. The number of carboxylic acid groups (broad SMARTS) is 1. The molecule has 1 aromatic carbocycles. The first-order valence-electron chi connectivity index (χ1n) is 14.2. The summed E-state index contributed by atoms with van der Waals surface area (Å²) >= 11 is 0. The molecule has 0 aliphatic rings. The van der Waals surface area contributed by atoms with E-state index >= 15 is 0 Å². The number of hydrogen-bond acceptors (Lipinski definition) is 9. The normalized spacial score (nSPS) is 12.8. The van der Waals surface area contributed by atoms with Crippen LogP contribution in [-0.4, -0.2) is 54.5 Å². The van der Waals surface area contributed by atoms with E-state index in [0.717, 1.165) is 25.7 Å². The molecule has 0 saturated carbocycles. The summed E-state index contributed by atoms with van der Waals surface area (Å²) in [5, 5.41) is 12.7. The zero-order valence-corrected chi connectivity index (χ0v) is 24.9. The number of carbonyl (C=O) groups is 4. The van der Waals surface area contributed by atoms with Gasteiger partial charge < -0.3 is 29.4 Å². The molecule has 0 spiro atoms. The van der Waals surface area contributed by atoms with E-state index in [4.69, 9.17) is 18.9 Å². The van der Waals surface area contributed by atoms with Gasteiger partial charge in [-0.05, 0) is 49.3 Å². The third-order valence-electron chi connectivity index (χ3n) is 5.73. The molecule has 1 rings (SSSR count). The second kappa shape index (κ2) is 18.3. The van der Waals surface area contributed by atoms with Crippen molar-refractivity contribution in [2.24, 2.45) is 5.41 Å². The van der Waals surface area contributed by atoms with Gasteiger partial charge in [0.05, 0.1) is 6.61 Å². The highest BCUT2D eigenvalue weighted by Gasteiger charge is 2.22. The van der Waals surface area contributed by atoms with Crippen LogP contribution in [0, 0.1) is 5.41 Å². The fourth-order valence-corrected chi connectivity index (χ4v) is 3.54. The van der Waals surface area contributed by atoms with Gasteiger partial charge in [-0.1, -0.05) is 66.4 Å². The molecule has 0 bridgehead atoms. The highest BCUT2D eigenvalue weighted by molar-refractivity contribution is 5.77. The van der Waals surface area contributed by atoms with Gasteiger partial charge in [0.25, 0.3) is 0 Å². The van der Waals surface area contributed by atoms with Crippen molar-refractivity contribution in [1.82, 2.24) is 5.32 Å². The van der Waals surface area contributed by atoms with Crippen LogP contribution in [0.2, 0.25) is 0 Å². The maximum atomic E-state index is 12.4. The van der Waals surface area contributed by atoms with Crippen molar-refractivity contribution in [3.63, 3.8) is 0 Å². The number of carboxylic acids is 1. The summed E-state index contributed by atoms with van der Waals surface area (Å²) in [5.41, 5.74) is 0.348. The summed E-state index contributed by atoms with van der Waals surface area (Å²) in [6.07, 6.45) is 4.13. The van der Waals surface area contributed by atoms with Gasteiger partial charge in [-0.15, -0.1) is 0 Å². The van der Waals surface area contributed by atoms with Gasteiger partial charge >= 0.3 is 24.1 Å². The van der Waals surface area contributed by atoms with Crippen molar-refractivity contribution in [3.8, 4) is 11.5 Å². The molecule has 0 aliphatic carbocycles. The van der Waals surface area contributed by atoms with Crippen molar-refractivity contribution < 1.29 is 43.2 Å². The van der Waals surface area contributed by atoms with E-state index < -0.39 is 36.2 Å². The minimum atomic E-state index is -1.10. The van der Waals surface area contributed by atoms with E-state index in [2.05, 4.69) is 5.32 Å². The first-order chi connectivity index (χ1) is 18.8. The fourth-order valence-electron chi connectivity index (χ4n) is 3.54. The van der Waals surface area contributed by atoms with Gasteiger partial charge in [-0.2, -0.15) is 0 Å². The number of benzene rings is 1. The number of aliphatic carboxylic acids is 1. The summed E-state index contributed by atoms with van der Waals surface area (Å²) < 4.78 is 21.3. The van der Waals surface area contributed by atoms with Gasteiger partial charge in [-0.3, -0.25) is 14.4 Å². The number of carbonyl (C=O) groups excluding carboxylic acids is 3. The summed E-state index contributed by atoms with van der Waals surface area (Å²) in [4.78, 5) is 48.6. The molecule has 1 aromatic rings. The van der Waals surface area contributed by atoms with Gasteiger partial charge in [0.2, 0.25) is 0 Å². The molecule has 0 saturated heterocycles. The Kier molecular flexibility index (Phi) is 15.9. The molecule has 2 atom stereocenters. The van der Waals surface area contributed by atoms with Crippen molar-refractivity contribution >= 4 is 24.1 Å². The molecule has 2 N–H and O–H groups in total. The maximum Gasteiger partial charge on any atom is 0.508 e. The number of hydrogen-bond donors (Lipinski definition) is 2. The topological polar surface area (TPSA) is 137 Å². The molecule has 0 heterocycles. The summed E-state index contributed by atoms with van der Waals surface area (Å²) in [5.74, 6) is -1.79. The zero-order chi connectivity index (χ0) is 30.1. The molecule has 0 radical (unpaired) electrons. The van der Waals surface area contributed by atoms with E-state index in [0.29, 0.717) is 18.4 Å². The Bertz CT molecular complexity index is 955.